The quantitative estimate of drug-likeness (QED) is 0.539. The van der Waals surface area contributed by atoms with Gasteiger partial charge >= 0.3 is 0 Å². The molecule has 0 heterocycles. The van der Waals surface area contributed by atoms with Crippen LogP contribution in [0.4, 0.5) is 0 Å². The van der Waals surface area contributed by atoms with Gasteiger partial charge in [-0.25, -0.2) is 0 Å². The summed E-state index contributed by atoms with van der Waals surface area (Å²) >= 11 is 3.49. The van der Waals surface area contributed by atoms with E-state index in [-0.39, 0.29) is 24.5 Å². The maximum absolute atomic E-state index is 13.3. The summed E-state index contributed by atoms with van der Waals surface area (Å²) in [4.78, 5) is 27.9. The smallest absolute Gasteiger partial charge is 0.261 e. The van der Waals surface area contributed by atoms with Crippen LogP contribution in [-0.2, 0) is 16.1 Å². The zero-order valence-corrected chi connectivity index (χ0v) is 21.0. The van der Waals surface area contributed by atoms with Crippen LogP contribution in [0.3, 0.4) is 0 Å². The van der Waals surface area contributed by atoms with E-state index >= 15 is 0 Å². The molecule has 1 N–H and O–H groups in total. The van der Waals surface area contributed by atoms with Crippen LogP contribution in [0.2, 0.25) is 0 Å². The monoisotopic (exact) mass is 500 g/mol. The molecule has 1 saturated carbocycles. The van der Waals surface area contributed by atoms with Gasteiger partial charge in [0.2, 0.25) is 5.91 Å². The standard InChI is InChI=1S/C26H33BrN2O3/c1-17-12-18(2)19(3)24(13-17)32-16-25(30)29(15-21-8-7-9-22(27)14-21)20(4)26(31)28-23-10-5-6-11-23/h7-9,12-14,20,23H,5-6,10-11,15-16H2,1-4H3,(H,28,31)/t20-/m0/s1. The second kappa shape index (κ2) is 11.0. The fourth-order valence-electron chi connectivity index (χ4n) is 4.18. The Hall–Kier alpha value is -2.34. The molecule has 0 aliphatic heterocycles. The van der Waals surface area contributed by atoms with Gasteiger partial charge in [-0.05, 0) is 81.0 Å². The van der Waals surface area contributed by atoms with Gasteiger partial charge in [0.25, 0.3) is 5.91 Å². The lowest BCUT2D eigenvalue weighted by Crippen LogP contribution is -2.50. The molecule has 1 fully saturated rings. The van der Waals surface area contributed by atoms with Crippen LogP contribution < -0.4 is 10.1 Å². The van der Waals surface area contributed by atoms with Gasteiger partial charge in [0.15, 0.2) is 6.61 Å². The predicted molar refractivity (Wildman–Crippen MR) is 131 cm³/mol. The zero-order valence-electron chi connectivity index (χ0n) is 19.4. The maximum atomic E-state index is 13.3. The molecule has 3 rings (SSSR count). The van der Waals surface area contributed by atoms with Crippen LogP contribution in [-0.4, -0.2) is 35.4 Å². The van der Waals surface area contributed by atoms with Crippen molar-refractivity contribution in [1.82, 2.24) is 10.2 Å². The number of benzene rings is 2. The summed E-state index contributed by atoms with van der Waals surface area (Å²) in [6.45, 7) is 8.06. The molecular formula is C26H33BrN2O3. The first-order valence-electron chi connectivity index (χ1n) is 11.3. The molecular weight excluding hydrogens is 468 g/mol. The van der Waals surface area contributed by atoms with Crippen LogP contribution in [0.15, 0.2) is 40.9 Å². The normalized spacial score (nSPS) is 14.8. The molecule has 172 valence electrons. The number of ether oxygens (including phenoxy) is 1. The summed E-state index contributed by atoms with van der Waals surface area (Å²) in [5.41, 5.74) is 4.19. The van der Waals surface area contributed by atoms with E-state index in [1.165, 1.54) is 0 Å². The lowest BCUT2D eigenvalue weighted by molar-refractivity contribution is -0.142. The van der Waals surface area contributed by atoms with Crippen molar-refractivity contribution in [3.63, 3.8) is 0 Å². The summed E-state index contributed by atoms with van der Waals surface area (Å²) in [5.74, 6) is 0.391. The van der Waals surface area contributed by atoms with Gasteiger partial charge < -0.3 is 15.0 Å². The van der Waals surface area contributed by atoms with Crippen LogP contribution in [0.5, 0.6) is 5.75 Å². The van der Waals surface area contributed by atoms with Gasteiger partial charge in [-0.2, -0.15) is 0 Å². The molecule has 32 heavy (non-hydrogen) atoms. The summed E-state index contributed by atoms with van der Waals surface area (Å²) in [6, 6.07) is 11.5. The van der Waals surface area contributed by atoms with Crippen molar-refractivity contribution in [1.29, 1.82) is 0 Å². The minimum Gasteiger partial charge on any atom is -0.483 e. The summed E-state index contributed by atoms with van der Waals surface area (Å²) in [5, 5.41) is 3.13. The fourth-order valence-corrected chi connectivity index (χ4v) is 4.63. The lowest BCUT2D eigenvalue weighted by atomic mass is 10.1. The van der Waals surface area contributed by atoms with Gasteiger partial charge in [-0.3, -0.25) is 9.59 Å². The third kappa shape index (κ3) is 6.35. The highest BCUT2D eigenvalue weighted by atomic mass is 79.9. The maximum Gasteiger partial charge on any atom is 0.261 e. The number of amides is 2. The molecule has 0 spiro atoms. The molecule has 0 bridgehead atoms. The first kappa shape index (κ1) is 24.3. The highest BCUT2D eigenvalue weighted by Crippen LogP contribution is 2.24. The molecule has 0 aromatic heterocycles. The number of nitrogens with one attached hydrogen (secondary N) is 1. The van der Waals surface area contributed by atoms with Gasteiger partial charge in [0, 0.05) is 17.1 Å². The second-order valence-corrected chi connectivity index (χ2v) is 9.73. The lowest BCUT2D eigenvalue weighted by Gasteiger charge is -2.30. The van der Waals surface area contributed by atoms with Crippen molar-refractivity contribution < 1.29 is 14.3 Å². The van der Waals surface area contributed by atoms with E-state index in [4.69, 9.17) is 4.74 Å². The van der Waals surface area contributed by atoms with Crippen molar-refractivity contribution >= 4 is 27.7 Å². The highest BCUT2D eigenvalue weighted by molar-refractivity contribution is 9.10. The number of hydrogen-bond acceptors (Lipinski definition) is 3. The number of aryl methyl sites for hydroxylation is 2. The predicted octanol–water partition coefficient (Wildman–Crippen LogP) is 5.23. The minimum absolute atomic E-state index is 0.108. The summed E-state index contributed by atoms with van der Waals surface area (Å²) < 4.78 is 6.87. The molecule has 2 aromatic carbocycles. The van der Waals surface area contributed by atoms with Gasteiger partial charge in [0.05, 0.1) is 0 Å². The van der Waals surface area contributed by atoms with Gasteiger partial charge in [0.1, 0.15) is 11.8 Å². The van der Waals surface area contributed by atoms with Gasteiger partial charge in [-0.15, -0.1) is 0 Å². The Bertz CT molecular complexity index is 970. The zero-order chi connectivity index (χ0) is 23.3. The second-order valence-electron chi connectivity index (χ2n) is 8.81. The van der Waals surface area contributed by atoms with Crippen molar-refractivity contribution in [3.05, 3.63) is 63.1 Å². The van der Waals surface area contributed by atoms with E-state index in [2.05, 4.69) is 27.3 Å². The summed E-state index contributed by atoms with van der Waals surface area (Å²) in [7, 11) is 0. The van der Waals surface area contributed by atoms with E-state index in [0.29, 0.717) is 12.3 Å². The molecule has 0 saturated heterocycles. The third-order valence-corrected chi connectivity index (χ3v) is 6.72. The average Bonchev–Trinajstić information content (AvgIpc) is 3.26. The van der Waals surface area contributed by atoms with Crippen LogP contribution in [0.1, 0.15) is 54.9 Å². The molecule has 2 aromatic rings. The van der Waals surface area contributed by atoms with Crippen molar-refractivity contribution in [2.75, 3.05) is 6.61 Å². The van der Waals surface area contributed by atoms with E-state index in [1.54, 1.807) is 11.8 Å². The number of halogens is 1. The Morgan fingerprint density at radius 2 is 1.88 bits per heavy atom. The van der Waals surface area contributed by atoms with Crippen LogP contribution >= 0.6 is 15.9 Å². The van der Waals surface area contributed by atoms with E-state index in [9.17, 15) is 9.59 Å². The molecule has 6 heteroatoms. The van der Waals surface area contributed by atoms with Crippen molar-refractivity contribution in [2.45, 2.75) is 72.0 Å². The minimum atomic E-state index is -0.592. The van der Waals surface area contributed by atoms with Crippen LogP contribution in [0, 0.1) is 20.8 Å². The fraction of sp³-hybridized carbons (Fsp3) is 0.462. The number of hydrogen-bond donors (Lipinski definition) is 1. The topological polar surface area (TPSA) is 58.6 Å². The Kier molecular flexibility index (Phi) is 8.35. The van der Waals surface area contributed by atoms with Crippen molar-refractivity contribution in [3.8, 4) is 5.75 Å². The Labute approximate surface area is 199 Å². The van der Waals surface area contributed by atoms with Gasteiger partial charge in [-0.1, -0.05) is 47.0 Å². The van der Waals surface area contributed by atoms with E-state index in [1.807, 2.05) is 51.1 Å². The Balaban J connectivity index is 1.75. The van der Waals surface area contributed by atoms with E-state index < -0.39 is 6.04 Å². The third-order valence-electron chi connectivity index (χ3n) is 6.23. The molecule has 5 nitrogen and oxygen atoms in total. The number of nitrogens with zero attached hydrogens (tertiary/aromatic N) is 1. The molecule has 0 unspecified atom stereocenters. The first-order valence-corrected chi connectivity index (χ1v) is 12.1. The van der Waals surface area contributed by atoms with E-state index in [0.717, 1.165) is 52.4 Å². The molecule has 0 radical (unpaired) electrons. The highest BCUT2D eigenvalue weighted by Gasteiger charge is 2.29. The Morgan fingerprint density at radius 3 is 2.56 bits per heavy atom. The average molecular weight is 501 g/mol. The molecule has 1 aliphatic rings. The van der Waals surface area contributed by atoms with Crippen molar-refractivity contribution in [2.24, 2.45) is 0 Å². The molecule has 1 aliphatic carbocycles. The first-order chi connectivity index (χ1) is 15.2. The van der Waals surface area contributed by atoms with Crippen LogP contribution in [0.25, 0.3) is 0 Å². The number of carbonyl (C=O) groups excluding carboxylic acids is 2. The molecule has 1 atom stereocenters. The largest absolute Gasteiger partial charge is 0.483 e. The number of rotatable bonds is 8. The number of carbonyl (C=O) groups is 2. The Morgan fingerprint density at radius 1 is 1.16 bits per heavy atom. The molecule has 2 amide bonds. The SMILES string of the molecule is Cc1cc(C)c(C)c(OCC(=O)N(Cc2cccc(Br)c2)[C@@H](C)C(=O)NC2CCCC2)c1. The summed E-state index contributed by atoms with van der Waals surface area (Å²) in [6.07, 6.45) is 4.30.